The Balaban J connectivity index is 2.13. The minimum atomic E-state index is -0.167. The molecule has 0 aromatic carbocycles. The van der Waals surface area contributed by atoms with E-state index >= 15 is 0 Å². The van der Waals surface area contributed by atoms with E-state index in [1.807, 2.05) is 0 Å². The van der Waals surface area contributed by atoms with Crippen LogP contribution in [-0.2, 0) is 0 Å². The average molecular weight is 188 g/mol. The van der Waals surface area contributed by atoms with Crippen LogP contribution in [0.25, 0.3) is 0 Å². The summed E-state index contributed by atoms with van der Waals surface area (Å²) < 4.78 is 0. The second-order valence-corrected chi connectivity index (χ2v) is 3.83. The van der Waals surface area contributed by atoms with E-state index in [1.54, 1.807) is 0 Å². The number of aliphatic hydroxyl groups excluding tert-OH is 2. The first kappa shape index (κ1) is 10.9. The minimum absolute atomic E-state index is 0.0520. The summed E-state index contributed by atoms with van der Waals surface area (Å²) in [7, 11) is 0. The average Bonchev–Trinajstić information content (AvgIpc) is 2.14. The Morgan fingerprint density at radius 3 is 2.92 bits per heavy atom. The molecule has 2 atom stereocenters. The molecule has 78 valence electrons. The summed E-state index contributed by atoms with van der Waals surface area (Å²) in [6, 6.07) is -0.112. The fourth-order valence-corrected chi connectivity index (χ4v) is 1.67. The zero-order valence-electron chi connectivity index (χ0n) is 8.02. The predicted octanol–water partition coefficient (Wildman–Crippen LogP) is -0.847. The zero-order valence-corrected chi connectivity index (χ0v) is 8.02. The van der Waals surface area contributed by atoms with E-state index in [0.29, 0.717) is 0 Å². The highest BCUT2D eigenvalue weighted by molar-refractivity contribution is 4.73. The molecule has 13 heavy (non-hydrogen) atoms. The maximum atomic E-state index is 9.38. The quantitative estimate of drug-likeness (QED) is 0.537. The molecule has 2 unspecified atom stereocenters. The molecular formula is C9H20N2O2. The van der Waals surface area contributed by atoms with Gasteiger partial charge in [0, 0.05) is 12.6 Å². The van der Waals surface area contributed by atoms with Crippen molar-refractivity contribution >= 4 is 0 Å². The molecule has 0 aliphatic carbocycles. The number of aliphatic hydroxyl groups is 2. The molecule has 0 radical (unpaired) electrons. The van der Waals surface area contributed by atoms with Gasteiger partial charge in [-0.15, -0.1) is 0 Å². The third-order valence-corrected chi connectivity index (χ3v) is 2.53. The van der Waals surface area contributed by atoms with Gasteiger partial charge in [0.25, 0.3) is 0 Å². The van der Waals surface area contributed by atoms with Gasteiger partial charge in [0.05, 0.1) is 12.7 Å². The van der Waals surface area contributed by atoms with Crippen LogP contribution < -0.4 is 5.73 Å². The van der Waals surface area contributed by atoms with Crippen molar-refractivity contribution in [3.8, 4) is 0 Å². The Morgan fingerprint density at radius 2 is 2.31 bits per heavy atom. The maximum Gasteiger partial charge on any atom is 0.0667 e. The van der Waals surface area contributed by atoms with Crippen LogP contribution in [0.4, 0.5) is 0 Å². The maximum absolute atomic E-state index is 9.38. The van der Waals surface area contributed by atoms with E-state index in [9.17, 15) is 5.11 Å². The molecule has 0 saturated carbocycles. The Labute approximate surface area is 79.3 Å². The van der Waals surface area contributed by atoms with Gasteiger partial charge in [-0.25, -0.2) is 0 Å². The molecule has 1 fully saturated rings. The molecule has 0 aromatic rings. The summed E-state index contributed by atoms with van der Waals surface area (Å²) in [5.74, 6) is 0. The molecule has 4 nitrogen and oxygen atoms in total. The lowest BCUT2D eigenvalue weighted by Crippen LogP contribution is -2.40. The van der Waals surface area contributed by atoms with Crippen LogP contribution in [-0.4, -0.2) is 53.5 Å². The normalized spacial score (nSPS) is 27.5. The Hall–Kier alpha value is -0.160. The van der Waals surface area contributed by atoms with E-state index < -0.39 is 0 Å². The van der Waals surface area contributed by atoms with Crippen LogP contribution >= 0.6 is 0 Å². The third-order valence-electron chi connectivity index (χ3n) is 2.53. The monoisotopic (exact) mass is 188 g/mol. The van der Waals surface area contributed by atoms with Gasteiger partial charge in [0.2, 0.25) is 0 Å². The van der Waals surface area contributed by atoms with Crippen molar-refractivity contribution in [3.05, 3.63) is 0 Å². The predicted molar refractivity (Wildman–Crippen MR) is 51.4 cm³/mol. The van der Waals surface area contributed by atoms with E-state index in [0.717, 1.165) is 38.9 Å². The number of nitrogens with two attached hydrogens (primary N) is 1. The van der Waals surface area contributed by atoms with Crippen molar-refractivity contribution in [1.82, 2.24) is 4.90 Å². The van der Waals surface area contributed by atoms with Crippen molar-refractivity contribution < 1.29 is 10.2 Å². The van der Waals surface area contributed by atoms with Crippen LogP contribution in [0.1, 0.15) is 19.3 Å². The second kappa shape index (κ2) is 5.54. The van der Waals surface area contributed by atoms with E-state index in [2.05, 4.69) is 4.90 Å². The van der Waals surface area contributed by atoms with Gasteiger partial charge >= 0.3 is 0 Å². The first-order valence-electron chi connectivity index (χ1n) is 4.99. The topological polar surface area (TPSA) is 69.7 Å². The zero-order chi connectivity index (χ0) is 9.68. The number of β-amino-alcohol motifs (C(OH)–C–C–N with tert-alkyl or cyclic N) is 1. The van der Waals surface area contributed by atoms with Gasteiger partial charge in [0.15, 0.2) is 0 Å². The Bertz CT molecular complexity index is 144. The highest BCUT2D eigenvalue weighted by Crippen LogP contribution is 2.09. The molecule has 0 amide bonds. The number of hydrogen-bond acceptors (Lipinski definition) is 4. The molecule has 4 heteroatoms. The van der Waals surface area contributed by atoms with Crippen molar-refractivity contribution in [3.63, 3.8) is 0 Å². The first-order chi connectivity index (χ1) is 6.22. The molecule has 1 rings (SSSR count). The largest absolute Gasteiger partial charge is 0.395 e. The van der Waals surface area contributed by atoms with Gasteiger partial charge in [-0.1, -0.05) is 0 Å². The molecule has 0 aromatic heterocycles. The summed E-state index contributed by atoms with van der Waals surface area (Å²) in [6.07, 6.45) is 2.63. The van der Waals surface area contributed by atoms with Crippen molar-refractivity contribution in [1.29, 1.82) is 0 Å². The number of likely N-dealkylation sites (tertiary alicyclic amines) is 1. The van der Waals surface area contributed by atoms with Gasteiger partial charge < -0.3 is 20.8 Å². The van der Waals surface area contributed by atoms with Gasteiger partial charge in [-0.2, -0.15) is 0 Å². The van der Waals surface area contributed by atoms with E-state index in [4.69, 9.17) is 10.8 Å². The van der Waals surface area contributed by atoms with Crippen LogP contribution in [0, 0.1) is 0 Å². The van der Waals surface area contributed by atoms with Gasteiger partial charge in [-0.3, -0.25) is 0 Å². The smallest absolute Gasteiger partial charge is 0.0667 e. The third kappa shape index (κ3) is 4.04. The molecular weight excluding hydrogens is 168 g/mol. The number of rotatable bonds is 4. The minimum Gasteiger partial charge on any atom is -0.395 e. The lowest BCUT2D eigenvalue weighted by atomic mass is 10.1. The summed E-state index contributed by atoms with van der Waals surface area (Å²) >= 11 is 0. The van der Waals surface area contributed by atoms with Crippen LogP contribution in [0.15, 0.2) is 0 Å². The van der Waals surface area contributed by atoms with Gasteiger partial charge in [0.1, 0.15) is 0 Å². The van der Waals surface area contributed by atoms with Crippen LogP contribution in [0.2, 0.25) is 0 Å². The summed E-state index contributed by atoms with van der Waals surface area (Å²) in [5.41, 5.74) is 5.59. The lowest BCUT2D eigenvalue weighted by molar-refractivity contribution is 0.0680. The number of nitrogens with zero attached hydrogens (tertiary/aromatic N) is 1. The molecule has 0 spiro atoms. The van der Waals surface area contributed by atoms with Crippen LogP contribution in [0.5, 0.6) is 0 Å². The van der Waals surface area contributed by atoms with Crippen molar-refractivity contribution in [2.45, 2.75) is 31.4 Å². The number of hydrogen-bond donors (Lipinski definition) is 3. The molecule has 0 bridgehead atoms. The standard InChI is InChI=1S/C9H20N2O2/c10-8(7-12)3-5-11-4-1-2-9(13)6-11/h8-9,12-13H,1-7,10H2. The molecule has 1 aliphatic rings. The lowest BCUT2D eigenvalue weighted by Gasteiger charge is -2.30. The fraction of sp³-hybridized carbons (Fsp3) is 1.00. The number of piperidine rings is 1. The second-order valence-electron chi connectivity index (χ2n) is 3.83. The highest BCUT2D eigenvalue weighted by Gasteiger charge is 2.17. The van der Waals surface area contributed by atoms with Crippen LogP contribution in [0.3, 0.4) is 0 Å². The highest BCUT2D eigenvalue weighted by atomic mass is 16.3. The van der Waals surface area contributed by atoms with Crippen molar-refractivity contribution in [2.75, 3.05) is 26.2 Å². The van der Waals surface area contributed by atoms with Gasteiger partial charge in [-0.05, 0) is 32.4 Å². The summed E-state index contributed by atoms with van der Waals surface area (Å²) in [6.45, 7) is 2.75. The summed E-state index contributed by atoms with van der Waals surface area (Å²) in [5, 5.41) is 18.1. The van der Waals surface area contributed by atoms with E-state index in [1.165, 1.54) is 0 Å². The molecule has 1 aliphatic heterocycles. The fourth-order valence-electron chi connectivity index (χ4n) is 1.67. The van der Waals surface area contributed by atoms with Crippen molar-refractivity contribution in [2.24, 2.45) is 5.73 Å². The van der Waals surface area contributed by atoms with E-state index in [-0.39, 0.29) is 18.8 Å². The first-order valence-corrected chi connectivity index (χ1v) is 4.99. The molecule has 1 heterocycles. The molecule has 1 saturated heterocycles. The molecule has 4 N–H and O–H groups in total. The Kier molecular flexibility index (Phi) is 4.66. The summed E-state index contributed by atoms with van der Waals surface area (Å²) in [4.78, 5) is 2.21. The SMILES string of the molecule is NC(CO)CCN1CCCC(O)C1. The Morgan fingerprint density at radius 1 is 1.54 bits per heavy atom.